The van der Waals surface area contributed by atoms with Crippen molar-refractivity contribution in [2.75, 3.05) is 0 Å². The van der Waals surface area contributed by atoms with E-state index in [0.717, 1.165) is 24.3 Å². The maximum Gasteiger partial charge on any atom is 0.346 e. The predicted octanol–water partition coefficient (Wildman–Crippen LogP) is 18.4. The van der Waals surface area contributed by atoms with E-state index in [0.29, 0.717) is 89.0 Å². The normalized spacial score (nSPS) is 12.4. The number of carboxylic acid groups (broad SMARTS) is 8. The standard InChI is InChI=1S/C92H66O23/c1-5-47-43-51(35-39-67(47)111-71-31-15-23-59(81(93)94)75(71)85(101)102)91(52-36-40-68(48(6-2)44-52)112-72-32-16-24-60(82(95)96)76(72)86(103)104)65-29-11-9-19-55(65)57-21-13-27-63(79(57)91)89(109)115-90(110)64-28-14-22-58-56-20-10-12-30-66(56)92(80(58)64,53-37-41-69(49(7-3)45-53)113-73-33-17-25-61(83(97)98)77(73)87(105)106)54-38-42-70(50(8-4)46-54)114-74-34-18-26-62(84(99)100)78(74)88(107)108/h9-46H,5-8H2,1-4H3,(H,93,94)(H,95,96)(H,97,98)(H,99,100)(H,101,102)(H,103,104)(H,105,106)(H,107,108). The molecule has 23 heteroatoms. The molecule has 14 rings (SSSR count). The van der Waals surface area contributed by atoms with Crippen molar-refractivity contribution in [2.45, 2.75) is 64.2 Å². The molecule has 0 spiro atoms. The van der Waals surface area contributed by atoms with Crippen LogP contribution in [0.25, 0.3) is 22.3 Å². The molecular formula is C92H66O23. The van der Waals surface area contributed by atoms with Gasteiger partial charge in [-0.2, -0.15) is 0 Å². The minimum absolute atomic E-state index is 0.111. The van der Waals surface area contributed by atoms with Gasteiger partial charge in [0.15, 0.2) is 0 Å². The summed E-state index contributed by atoms with van der Waals surface area (Å²) in [4.78, 5) is 134. The molecule has 12 aromatic rings. The predicted molar refractivity (Wildman–Crippen MR) is 416 cm³/mol. The number of aryl methyl sites for hydroxylation is 4. The van der Waals surface area contributed by atoms with Crippen LogP contribution in [0.5, 0.6) is 46.0 Å². The number of rotatable bonds is 26. The Morgan fingerprint density at radius 3 is 0.730 bits per heavy atom. The van der Waals surface area contributed by atoms with E-state index in [2.05, 4.69) is 0 Å². The van der Waals surface area contributed by atoms with Crippen molar-refractivity contribution < 1.29 is 112 Å². The lowest BCUT2D eigenvalue weighted by atomic mass is 9.65. The average Bonchev–Trinajstić information content (AvgIpc) is 1.54. The van der Waals surface area contributed by atoms with Gasteiger partial charge < -0.3 is 64.5 Å². The maximum absolute atomic E-state index is 16.4. The first-order valence-corrected chi connectivity index (χ1v) is 36.2. The van der Waals surface area contributed by atoms with Gasteiger partial charge >= 0.3 is 59.7 Å². The minimum atomic E-state index is -1.63. The summed E-state index contributed by atoms with van der Waals surface area (Å²) in [6, 6.07) is 60.4. The van der Waals surface area contributed by atoms with E-state index in [4.69, 9.17) is 23.7 Å². The Kier molecular flexibility index (Phi) is 20.3. The first-order chi connectivity index (χ1) is 55.3. The molecular weight excluding hydrogens is 1470 g/mol. The molecule has 0 radical (unpaired) electrons. The SMILES string of the molecule is CCc1cc(C2(c3ccc(Oc4cccc(C(=O)O)c4C(=O)O)c(CC)c3)c3ccccc3-c3cccc(C(=O)OC(=O)c4cccc5c4C(c4ccc(Oc6cccc(C(=O)O)c6C(=O)O)c(CC)c4)(c4ccc(Oc6cccc(C(=O)O)c6C(=O)O)c(CC)c4)c4ccccc4-5)c32)ccc1Oc1cccc(C(=O)O)c1C(=O)O. The zero-order valence-electron chi connectivity index (χ0n) is 61.5. The monoisotopic (exact) mass is 1540 g/mol. The van der Waals surface area contributed by atoms with Gasteiger partial charge in [-0.15, -0.1) is 0 Å². The second-order valence-corrected chi connectivity index (χ2v) is 27.0. The quantitative estimate of drug-likeness (QED) is 0.0184. The third-order valence-electron chi connectivity index (χ3n) is 21.0. The van der Waals surface area contributed by atoms with Crippen LogP contribution in [-0.4, -0.2) is 101 Å². The van der Waals surface area contributed by atoms with Crippen molar-refractivity contribution in [3.8, 4) is 68.2 Å². The van der Waals surface area contributed by atoms with Crippen molar-refractivity contribution in [3.63, 3.8) is 0 Å². The van der Waals surface area contributed by atoms with E-state index >= 15 is 9.59 Å². The smallest absolute Gasteiger partial charge is 0.346 e. The molecule has 0 atom stereocenters. The lowest BCUT2D eigenvalue weighted by molar-refractivity contribution is 0.0391. The summed E-state index contributed by atoms with van der Waals surface area (Å²) in [5.41, 5.74) is -0.0728. The fraction of sp³-hybridized carbons (Fsp3) is 0.109. The molecule has 2 aliphatic rings. The van der Waals surface area contributed by atoms with Gasteiger partial charge in [0.1, 0.15) is 68.2 Å². The third kappa shape index (κ3) is 13.0. The molecule has 115 heavy (non-hydrogen) atoms. The molecule has 0 bridgehead atoms. The van der Waals surface area contributed by atoms with Crippen molar-refractivity contribution in [2.24, 2.45) is 0 Å². The number of benzene rings is 12. The summed E-state index contributed by atoms with van der Waals surface area (Å²) in [6.45, 7) is 7.28. The summed E-state index contributed by atoms with van der Waals surface area (Å²) in [7, 11) is 0. The minimum Gasteiger partial charge on any atom is -0.478 e. The summed E-state index contributed by atoms with van der Waals surface area (Å²) >= 11 is 0. The van der Waals surface area contributed by atoms with Gasteiger partial charge in [0.25, 0.3) is 0 Å². The van der Waals surface area contributed by atoms with Gasteiger partial charge in [0.2, 0.25) is 0 Å². The highest BCUT2D eigenvalue weighted by Gasteiger charge is 2.52. The van der Waals surface area contributed by atoms with Gasteiger partial charge in [-0.25, -0.2) is 47.9 Å². The molecule has 0 saturated heterocycles. The number of hydrogen-bond donors (Lipinski definition) is 8. The van der Waals surface area contributed by atoms with Gasteiger partial charge in [0.05, 0.1) is 44.2 Å². The van der Waals surface area contributed by atoms with Crippen molar-refractivity contribution in [1.82, 2.24) is 0 Å². The molecule has 572 valence electrons. The number of aromatic carboxylic acids is 8. The van der Waals surface area contributed by atoms with Crippen molar-refractivity contribution >= 4 is 59.7 Å². The number of carboxylic acids is 8. The van der Waals surface area contributed by atoms with Gasteiger partial charge in [-0.05, 0) is 200 Å². The lowest BCUT2D eigenvalue weighted by Gasteiger charge is -2.36. The Balaban J connectivity index is 0.966. The molecule has 23 nitrogen and oxygen atoms in total. The zero-order chi connectivity index (χ0) is 81.6. The van der Waals surface area contributed by atoms with Crippen LogP contribution in [0.2, 0.25) is 0 Å². The van der Waals surface area contributed by atoms with E-state index in [9.17, 15) is 79.2 Å². The Morgan fingerprint density at radius 1 is 0.252 bits per heavy atom. The highest BCUT2D eigenvalue weighted by atomic mass is 16.6. The number of ether oxygens (including phenoxy) is 5. The summed E-state index contributed by atoms with van der Waals surface area (Å²) in [5, 5.41) is 82.1. The maximum atomic E-state index is 16.4. The highest BCUT2D eigenvalue weighted by Crippen LogP contribution is 2.61. The molecule has 2 aliphatic carbocycles. The van der Waals surface area contributed by atoms with Crippen LogP contribution in [0.1, 0.15) is 198 Å². The van der Waals surface area contributed by atoms with Crippen LogP contribution in [-0.2, 0) is 41.3 Å². The Bertz CT molecular complexity index is 5550. The molecule has 0 aliphatic heterocycles. The van der Waals surface area contributed by atoms with Crippen LogP contribution in [0.15, 0.2) is 231 Å². The molecule has 0 unspecified atom stereocenters. The fourth-order valence-corrected chi connectivity index (χ4v) is 16.1. The summed E-state index contributed by atoms with van der Waals surface area (Å²) in [5.74, 6) is -15.1. The van der Waals surface area contributed by atoms with E-state index in [1.807, 2.05) is 113 Å². The third-order valence-corrected chi connectivity index (χ3v) is 21.0. The Hall–Kier alpha value is -15.3. The van der Waals surface area contributed by atoms with Gasteiger partial charge in [-0.1, -0.05) is 173 Å². The van der Waals surface area contributed by atoms with Crippen molar-refractivity contribution in [1.29, 1.82) is 0 Å². The number of fused-ring (bicyclic) bond motifs is 6. The molecule has 0 aromatic heterocycles. The summed E-state index contributed by atoms with van der Waals surface area (Å²) < 4.78 is 32.0. The molecule has 0 saturated carbocycles. The first-order valence-electron chi connectivity index (χ1n) is 36.2. The van der Waals surface area contributed by atoms with Crippen molar-refractivity contribution in [3.05, 3.63) is 353 Å². The molecule has 0 heterocycles. The average molecular weight is 1540 g/mol. The second-order valence-electron chi connectivity index (χ2n) is 27.0. The number of esters is 2. The highest BCUT2D eigenvalue weighted by molar-refractivity contribution is 6.10. The fourth-order valence-electron chi connectivity index (χ4n) is 16.1. The van der Waals surface area contributed by atoms with Crippen LogP contribution in [0.4, 0.5) is 0 Å². The van der Waals surface area contributed by atoms with Gasteiger partial charge in [-0.3, -0.25) is 0 Å². The van der Waals surface area contributed by atoms with E-state index < -0.39 is 115 Å². The Morgan fingerprint density at radius 2 is 0.487 bits per heavy atom. The molecule has 0 amide bonds. The van der Waals surface area contributed by atoms with Crippen LogP contribution in [0.3, 0.4) is 0 Å². The number of carbonyl (C=O) groups is 10. The molecule has 12 aromatic carbocycles. The van der Waals surface area contributed by atoms with E-state index in [-0.39, 0.29) is 82.8 Å². The molecule has 8 N–H and O–H groups in total. The van der Waals surface area contributed by atoms with Gasteiger partial charge in [0, 0.05) is 0 Å². The number of hydrogen-bond acceptors (Lipinski definition) is 15. The number of carbonyl (C=O) groups excluding carboxylic acids is 2. The zero-order valence-corrected chi connectivity index (χ0v) is 61.5. The Labute approximate surface area is 654 Å². The largest absolute Gasteiger partial charge is 0.478 e. The van der Waals surface area contributed by atoms with E-state index in [1.54, 1.807) is 60.7 Å². The second kappa shape index (κ2) is 30.5. The van der Waals surface area contributed by atoms with Crippen LogP contribution in [0, 0.1) is 0 Å². The first kappa shape index (κ1) is 76.5. The van der Waals surface area contributed by atoms with Crippen LogP contribution >= 0.6 is 0 Å². The molecule has 0 fully saturated rings. The van der Waals surface area contributed by atoms with E-state index in [1.165, 1.54) is 60.7 Å². The lowest BCUT2D eigenvalue weighted by Crippen LogP contribution is -2.32. The summed E-state index contributed by atoms with van der Waals surface area (Å²) in [6.07, 6.45) is 0.876. The topological polar surface area (TPSA) is 379 Å². The van der Waals surface area contributed by atoms with Crippen LogP contribution < -0.4 is 18.9 Å².